The molecular weight excluding hydrogens is 210 g/mol. The van der Waals surface area contributed by atoms with E-state index >= 15 is 0 Å². The first-order chi connectivity index (χ1) is 7.18. The number of hydrogen-bond acceptors (Lipinski definition) is 3. The molecule has 0 saturated carbocycles. The summed E-state index contributed by atoms with van der Waals surface area (Å²) in [4.78, 5) is 11.5. The zero-order chi connectivity index (χ0) is 10.8. The second-order valence-electron chi connectivity index (χ2n) is 3.19. The van der Waals surface area contributed by atoms with Crippen LogP contribution in [0.5, 0.6) is 0 Å². The van der Waals surface area contributed by atoms with Crippen LogP contribution < -0.4 is 10.2 Å². The van der Waals surface area contributed by atoms with Crippen LogP contribution >= 0.6 is 11.3 Å². The van der Waals surface area contributed by atoms with Crippen LogP contribution in [0, 0.1) is 0 Å². The summed E-state index contributed by atoms with van der Waals surface area (Å²) in [5, 5.41) is 4.02. The molecule has 0 unspecified atom stereocenters. The Morgan fingerprint density at radius 1 is 1.47 bits per heavy atom. The first-order valence-electron chi connectivity index (χ1n) is 4.53. The van der Waals surface area contributed by atoms with E-state index in [1.54, 1.807) is 11.3 Å². The Morgan fingerprint density at radius 2 is 2.20 bits per heavy atom. The van der Waals surface area contributed by atoms with Crippen molar-refractivity contribution in [3.05, 3.63) is 29.1 Å². The second-order valence-corrected chi connectivity index (χ2v) is 4.20. The molecule has 0 fully saturated rings. The molecule has 2 aromatic rings. The van der Waals surface area contributed by atoms with Crippen molar-refractivity contribution < 1.29 is 4.79 Å². The lowest BCUT2D eigenvalue weighted by Gasteiger charge is -1.94. The van der Waals surface area contributed by atoms with Gasteiger partial charge in [-0.1, -0.05) is 23.5 Å². The summed E-state index contributed by atoms with van der Waals surface area (Å²) in [6, 6.07) is 8.03. The summed E-state index contributed by atoms with van der Waals surface area (Å²) in [6.07, 6.45) is 0. The Hall–Kier alpha value is -1.62. The summed E-state index contributed by atoms with van der Waals surface area (Å²) < 4.78 is 3.11. The minimum absolute atomic E-state index is 0.160. The van der Waals surface area contributed by atoms with Crippen LogP contribution in [0.15, 0.2) is 29.4 Å². The first-order valence-corrected chi connectivity index (χ1v) is 5.35. The van der Waals surface area contributed by atoms with Crippen LogP contribution in [-0.2, 0) is 11.8 Å². The van der Waals surface area contributed by atoms with Crippen LogP contribution in [-0.4, -0.2) is 10.5 Å². The van der Waals surface area contributed by atoms with Gasteiger partial charge in [-0.2, -0.15) is 0 Å². The number of aromatic nitrogens is 1. The highest BCUT2D eigenvalue weighted by Gasteiger charge is 2.00. The highest BCUT2D eigenvalue weighted by Crippen LogP contribution is 2.14. The number of fused-ring (bicyclic) bond motifs is 1. The highest BCUT2D eigenvalue weighted by atomic mass is 32.1. The lowest BCUT2D eigenvalue weighted by molar-refractivity contribution is -0.119. The maximum atomic E-state index is 10.7. The van der Waals surface area contributed by atoms with Gasteiger partial charge in [0.15, 0.2) is 0 Å². The van der Waals surface area contributed by atoms with Crippen LogP contribution in [0.3, 0.4) is 0 Å². The monoisotopic (exact) mass is 221 g/mol. The molecule has 1 aromatic heterocycles. The van der Waals surface area contributed by atoms with Crippen molar-refractivity contribution in [2.45, 2.75) is 6.92 Å². The predicted molar refractivity (Wildman–Crippen MR) is 60.2 cm³/mol. The van der Waals surface area contributed by atoms with Gasteiger partial charge in [-0.3, -0.25) is 4.79 Å². The van der Waals surface area contributed by atoms with Gasteiger partial charge in [0.05, 0.1) is 10.2 Å². The van der Waals surface area contributed by atoms with E-state index in [1.165, 1.54) is 6.92 Å². The van der Waals surface area contributed by atoms with E-state index in [2.05, 4.69) is 10.5 Å². The van der Waals surface area contributed by atoms with E-state index in [0.29, 0.717) is 0 Å². The summed E-state index contributed by atoms with van der Waals surface area (Å²) >= 11 is 1.55. The van der Waals surface area contributed by atoms with Gasteiger partial charge in [-0.15, -0.1) is 5.10 Å². The van der Waals surface area contributed by atoms with Gasteiger partial charge in [-0.05, 0) is 12.1 Å². The fourth-order valence-electron chi connectivity index (χ4n) is 1.31. The van der Waals surface area contributed by atoms with Crippen molar-refractivity contribution in [3.8, 4) is 0 Å². The van der Waals surface area contributed by atoms with E-state index in [-0.39, 0.29) is 5.91 Å². The van der Waals surface area contributed by atoms with Gasteiger partial charge in [0.2, 0.25) is 10.7 Å². The van der Waals surface area contributed by atoms with Crippen molar-refractivity contribution in [2.75, 3.05) is 0 Å². The molecule has 0 spiro atoms. The average molecular weight is 221 g/mol. The van der Waals surface area contributed by atoms with E-state index < -0.39 is 0 Å². The lowest BCUT2D eigenvalue weighted by atomic mass is 10.3. The van der Waals surface area contributed by atoms with Crippen molar-refractivity contribution in [1.29, 1.82) is 0 Å². The molecule has 4 nitrogen and oxygen atoms in total. The Kier molecular flexibility index (Phi) is 2.55. The van der Waals surface area contributed by atoms with Crippen molar-refractivity contribution >= 4 is 27.5 Å². The van der Waals surface area contributed by atoms with Gasteiger partial charge >= 0.3 is 0 Å². The third-order valence-electron chi connectivity index (χ3n) is 2.02. The Bertz CT molecular complexity index is 567. The van der Waals surface area contributed by atoms with E-state index in [4.69, 9.17) is 0 Å². The minimum atomic E-state index is -0.160. The Labute approximate surface area is 90.9 Å². The van der Waals surface area contributed by atoms with Gasteiger partial charge in [-0.25, -0.2) is 5.43 Å². The summed E-state index contributed by atoms with van der Waals surface area (Å²) in [6.45, 7) is 1.44. The predicted octanol–water partition coefficient (Wildman–Crippen LogP) is 1.19. The molecule has 2 rings (SSSR count). The molecule has 0 bridgehead atoms. The molecule has 78 valence electrons. The Morgan fingerprint density at radius 3 is 2.87 bits per heavy atom. The maximum Gasteiger partial charge on any atom is 0.237 e. The van der Waals surface area contributed by atoms with Crippen LogP contribution in [0.2, 0.25) is 0 Å². The molecule has 1 amide bonds. The third kappa shape index (κ3) is 1.92. The fourth-order valence-corrected chi connectivity index (χ4v) is 2.29. The molecule has 0 saturated heterocycles. The van der Waals surface area contributed by atoms with Crippen LogP contribution in [0.25, 0.3) is 10.2 Å². The number of thiazole rings is 1. The van der Waals surface area contributed by atoms with Gasteiger partial charge < -0.3 is 4.57 Å². The van der Waals surface area contributed by atoms with Gasteiger partial charge in [0, 0.05) is 14.0 Å². The number of para-hydroxylation sites is 1. The number of carbonyl (C=O) groups excluding carboxylic acids is 1. The minimum Gasteiger partial charge on any atom is -0.318 e. The third-order valence-corrected chi connectivity index (χ3v) is 3.14. The topological polar surface area (TPSA) is 46.4 Å². The number of nitrogens with zero attached hydrogens (tertiary/aromatic N) is 2. The number of hydrogen-bond donors (Lipinski definition) is 1. The zero-order valence-electron chi connectivity index (χ0n) is 8.52. The zero-order valence-corrected chi connectivity index (χ0v) is 9.34. The maximum absolute atomic E-state index is 10.7. The molecule has 1 heterocycles. The Balaban J connectivity index is 2.58. The van der Waals surface area contributed by atoms with Crippen molar-refractivity contribution in [3.63, 3.8) is 0 Å². The molecular formula is C10H11N3OS. The lowest BCUT2D eigenvalue weighted by Crippen LogP contribution is -2.20. The molecule has 1 aromatic carbocycles. The number of amides is 1. The standard InChI is InChI=1S/C10H11N3OS/c1-7(14)11-12-10-13(2)8-5-3-4-6-9(8)15-10/h3-6H,1-2H3,(H,11,14). The molecule has 1 N–H and O–H groups in total. The molecule has 0 atom stereocenters. The fraction of sp³-hybridized carbons (Fsp3) is 0.200. The SMILES string of the molecule is CC(=O)NN=c1sc2ccccc2n1C. The first kappa shape index (κ1) is 9.92. The van der Waals surface area contributed by atoms with Gasteiger partial charge in [0.1, 0.15) is 0 Å². The highest BCUT2D eigenvalue weighted by molar-refractivity contribution is 7.16. The second kappa shape index (κ2) is 3.86. The molecule has 0 aliphatic rings. The van der Waals surface area contributed by atoms with Gasteiger partial charge in [0.25, 0.3) is 0 Å². The molecule has 0 aliphatic heterocycles. The molecule has 5 heteroatoms. The average Bonchev–Trinajstić information content (AvgIpc) is 2.54. The quantitative estimate of drug-likeness (QED) is 0.722. The summed E-state index contributed by atoms with van der Waals surface area (Å²) in [7, 11) is 1.93. The van der Waals surface area contributed by atoms with E-state index in [9.17, 15) is 4.79 Å². The number of aryl methyl sites for hydroxylation is 1. The molecule has 0 aliphatic carbocycles. The molecule has 0 radical (unpaired) electrons. The molecule has 15 heavy (non-hydrogen) atoms. The largest absolute Gasteiger partial charge is 0.318 e. The van der Waals surface area contributed by atoms with Crippen molar-refractivity contribution in [1.82, 2.24) is 9.99 Å². The summed E-state index contributed by atoms with van der Waals surface area (Å²) in [5.41, 5.74) is 3.56. The number of nitrogens with one attached hydrogen (secondary N) is 1. The van der Waals surface area contributed by atoms with Crippen molar-refractivity contribution in [2.24, 2.45) is 12.1 Å². The number of rotatable bonds is 1. The normalized spacial score (nSPS) is 12.0. The smallest absolute Gasteiger partial charge is 0.237 e. The van der Waals surface area contributed by atoms with E-state index in [1.807, 2.05) is 35.9 Å². The van der Waals surface area contributed by atoms with Crippen LogP contribution in [0.1, 0.15) is 6.92 Å². The number of carbonyl (C=O) groups is 1. The number of benzene rings is 1. The summed E-state index contributed by atoms with van der Waals surface area (Å²) in [5.74, 6) is -0.160. The van der Waals surface area contributed by atoms with E-state index in [0.717, 1.165) is 15.0 Å². The van der Waals surface area contributed by atoms with Crippen LogP contribution in [0.4, 0.5) is 0 Å².